The fourth-order valence-corrected chi connectivity index (χ4v) is 3.06. The smallest absolute Gasteiger partial charge is 0.191 e. The molecule has 1 rings (SSSR count). The van der Waals surface area contributed by atoms with Crippen LogP contribution in [0.25, 0.3) is 0 Å². The summed E-state index contributed by atoms with van der Waals surface area (Å²) in [6, 6.07) is 10.9. The predicted molar refractivity (Wildman–Crippen MR) is 109 cm³/mol. The van der Waals surface area contributed by atoms with E-state index in [9.17, 15) is 0 Å². The van der Waals surface area contributed by atoms with Crippen LogP contribution in [-0.4, -0.2) is 43.6 Å². The summed E-state index contributed by atoms with van der Waals surface area (Å²) in [6.07, 6.45) is 4.57. The van der Waals surface area contributed by atoms with Crippen molar-refractivity contribution >= 4 is 17.7 Å². The average molecular weight is 351 g/mol. The molecular formula is C19H34N4S. The Labute approximate surface area is 152 Å². The monoisotopic (exact) mass is 350 g/mol. The van der Waals surface area contributed by atoms with Gasteiger partial charge in [-0.05, 0) is 51.2 Å². The molecule has 4 nitrogen and oxygen atoms in total. The van der Waals surface area contributed by atoms with Crippen molar-refractivity contribution in [3.05, 3.63) is 35.9 Å². The van der Waals surface area contributed by atoms with Gasteiger partial charge in [-0.1, -0.05) is 30.3 Å². The number of guanidine groups is 1. The van der Waals surface area contributed by atoms with Crippen molar-refractivity contribution < 1.29 is 0 Å². The molecule has 1 aromatic carbocycles. The molecule has 136 valence electrons. The van der Waals surface area contributed by atoms with Crippen molar-refractivity contribution in [1.82, 2.24) is 16.0 Å². The lowest BCUT2D eigenvalue weighted by molar-refractivity contribution is 0.345. The van der Waals surface area contributed by atoms with Gasteiger partial charge in [0.2, 0.25) is 0 Å². The summed E-state index contributed by atoms with van der Waals surface area (Å²) in [5, 5.41) is 10.5. The summed E-state index contributed by atoms with van der Waals surface area (Å²) >= 11 is 1.90. The SMILES string of the molecule is CN=C(NCCCCSC)NCC(C)(C)NC(C)c1ccccc1. The first kappa shape index (κ1) is 20.8. The van der Waals surface area contributed by atoms with Gasteiger partial charge in [0.1, 0.15) is 0 Å². The van der Waals surface area contributed by atoms with Gasteiger partial charge in [0.15, 0.2) is 5.96 Å². The van der Waals surface area contributed by atoms with Crippen molar-refractivity contribution in [1.29, 1.82) is 0 Å². The Morgan fingerprint density at radius 2 is 1.88 bits per heavy atom. The average Bonchev–Trinajstić information content (AvgIpc) is 2.57. The van der Waals surface area contributed by atoms with Crippen molar-refractivity contribution in [3.63, 3.8) is 0 Å². The molecule has 0 aliphatic heterocycles. The van der Waals surface area contributed by atoms with Crippen LogP contribution in [0, 0.1) is 0 Å². The number of unbranched alkanes of at least 4 members (excludes halogenated alkanes) is 1. The molecule has 1 unspecified atom stereocenters. The number of nitrogens with zero attached hydrogens (tertiary/aromatic N) is 1. The maximum Gasteiger partial charge on any atom is 0.191 e. The van der Waals surface area contributed by atoms with E-state index < -0.39 is 0 Å². The van der Waals surface area contributed by atoms with Gasteiger partial charge < -0.3 is 16.0 Å². The highest BCUT2D eigenvalue weighted by molar-refractivity contribution is 7.98. The lowest BCUT2D eigenvalue weighted by atomic mass is 10.0. The molecule has 1 atom stereocenters. The van der Waals surface area contributed by atoms with Gasteiger partial charge in [-0.15, -0.1) is 0 Å². The van der Waals surface area contributed by atoms with Crippen LogP contribution in [0.15, 0.2) is 35.3 Å². The van der Waals surface area contributed by atoms with Crippen LogP contribution >= 0.6 is 11.8 Å². The number of hydrogen-bond acceptors (Lipinski definition) is 3. The number of hydrogen-bond donors (Lipinski definition) is 3. The maximum atomic E-state index is 4.31. The lowest BCUT2D eigenvalue weighted by Crippen LogP contribution is -2.52. The first-order valence-corrected chi connectivity index (χ1v) is 10.1. The van der Waals surface area contributed by atoms with E-state index in [1.165, 1.54) is 24.2 Å². The first-order chi connectivity index (χ1) is 11.5. The number of rotatable bonds is 10. The van der Waals surface area contributed by atoms with Gasteiger partial charge in [0, 0.05) is 31.7 Å². The second-order valence-corrected chi connectivity index (χ2v) is 7.70. The Morgan fingerprint density at radius 3 is 2.50 bits per heavy atom. The highest BCUT2D eigenvalue weighted by Crippen LogP contribution is 2.15. The summed E-state index contributed by atoms with van der Waals surface area (Å²) in [6.45, 7) is 8.41. The highest BCUT2D eigenvalue weighted by atomic mass is 32.2. The summed E-state index contributed by atoms with van der Waals surface area (Å²) in [5.74, 6) is 2.10. The molecule has 0 fully saturated rings. The van der Waals surface area contributed by atoms with Gasteiger partial charge in [0.25, 0.3) is 0 Å². The van der Waals surface area contributed by atoms with Gasteiger partial charge >= 0.3 is 0 Å². The van der Waals surface area contributed by atoms with E-state index in [1.807, 2.05) is 18.8 Å². The topological polar surface area (TPSA) is 48.5 Å². The number of aliphatic imine (C=N–C) groups is 1. The third-order valence-corrected chi connectivity index (χ3v) is 4.59. The van der Waals surface area contributed by atoms with Crippen LogP contribution in [0.1, 0.15) is 45.2 Å². The van der Waals surface area contributed by atoms with E-state index in [2.05, 4.69) is 78.3 Å². The highest BCUT2D eigenvalue weighted by Gasteiger charge is 2.21. The van der Waals surface area contributed by atoms with Crippen LogP contribution in [-0.2, 0) is 0 Å². The minimum absolute atomic E-state index is 0.0360. The van der Waals surface area contributed by atoms with Gasteiger partial charge in [-0.3, -0.25) is 4.99 Å². The Hall–Kier alpha value is -1.20. The number of benzene rings is 1. The lowest BCUT2D eigenvalue weighted by Gasteiger charge is -2.31. The fraction of sp³-hybridized carbons (Fsp3) is 0.632. The van der Waals surface area contributed by atoms with E-state index in [1.54, 1.807) is 0 Å². The molecule has 0 saturated carbocycles. The maximum absolute atomic E-state index is 4.31. The molecule has 0 saturated heterocycles. The summed E-state index contributed by atoms with van der Waals surface area (Å²) in [5.41, 5.74) is 1.27. The zero-order valence-corrected chi connectivity index (χ0v) is 16.7. The third-order valence-electron chi connectivity index (χ3n) is 3.90. The second kappa shape index (κ2) is 11.4. The van der Waals surface area contributed by atoms with E-state index in [0.717, 1.165) is 19.0 Å². The molecule has 0 bridgehead atoms. The Morgan fingerprint density at radius 1 is 1.17 bits per heavy atom. The zero-order chi connectivity index (χ0) is 17.8. The van der Waals surface area contributed by atoms with Crippen LogP contribution in [0.2, 0.25) is 0 Å². The third kappa shape index (κ3) is 8.60. The van der Waals surface area contributed by atoms with Crippen LogP contribution in [0.4, 0.5) is 0 Å². The second-order valence-electron chi connectivity index (χ2n) is 6.71. The van der Waals surface area contributed by atoms with Crippen LogP contribution in [0.3, 0.4) is 0 Å². The van der Waals surface area contributed by atoms with E-state index in [0.29, 0.717) is 6.04 Å². The number of nitrogens with one attached hydrogen (secondary N) is 3. The van der Waals surface area contributed by atoms with Gasteiger partial charge in [0.05, 0.1) is 0 Å². The van der Waals surface area contributed by atoms with Crippen molar-refractivity contribution in [2.24, 2.45) is 4.99 Å². The molecule has 0 spiro atoms. The van der Waals surface area contributed by atoms with Crippen LogP contribution in [0.5, 0.6) is 0 Å². The Bertz CT molecular complexity index is 474. The minimum Gasteiger partial charge on any atom is -0.356 e. The molecule has 1 aromatic rings. The standard InChI is InChI=1S/C19H34N4S/c1-16(17-11-7-6-8-12-17)23-19(2,3)15-22-18(20-4)21-13-9-10-14-24-5/h6-8,11-12,16,23H,9-10,13-15H2,1-5H3,(H2,20,21,22). The fourth-order valence-electron chi connectivity index (χ4n) is 2.57. The zero-order valence-electron chi connectivity index (χ0n) is 15.9. The Kier molecular flexibility index (Phi) is 9.88. The van der Waals surface area contributed by atoms with Gasteiger partial charge in [-0.2, -0.15) is 11.8 Å². The van der Waals surface area contributed by atoms with Crippen molar-refractivity contribution in [3.8, 4) is 0 Å². The van der Waals surface area contributed by atoms with E-state index in [-0.39, 0.29) is 5.54 Å². The molecule has 0 heterocycles. The minimum atomic E-state index is -0.0360. The largest absolute Gasteiger partial charge is 0.356 e. The first-order valence-electron chi connectivity index (χ1n) is 8.74. The van der Waals surface area contributed by atoms with Crippen molar-refractivity contribution in [2.45, 2.75) is 45.2 Å². The van der Waals surface area contributed by atoms with Gasteiger partial charge in [-0.25, -0.2) is 0 Å². The Balaban J connectivity index is 2.37. The summed E-state index contributed by atoms with van der Waals surface area (Å²) in [4.78, 5) is 4.31. The summed E-state index contributed by atoms with van der Waals surface area (Å²) in [7, 11) is 1.82. The van der Waals surface area contributed by atoms with Crippen molar-refractivity contribution in [2.75, 3.05) is 32.1 Å². The molecule has 0 aliphatic rings. The normalized spacial score (nSPS) is 13.6. The number of thioether (sulfide) groups is 1. The molecule has 3 N–H and O–H groups in total. The molecule has 0 amide bonds. The summed E-state index contributed by atoms with van der Waals surface area (Å²) < 4.78 is 0. The molecule has 0 aromatic heterocycles. The molecule has 5 heteroatoms. The van der Waals surface area contributed by atoms with E-state index in [4.69, 9.17) is 0 Å². The van der Waals surface area contributed by atoms with Crippen LogP contribution < -0.4 is 16.0 Å². The molecular weight excluding hydrogens is 316 g/mol. The van der Waals surface area contributed by atoms with E-state index >= 15 is 0 Å². The molecule has 0 aliphatic carbocycles. The molecule has 0 radical (unpaired) electrons. The molecule has 24 heavy (non-hydrogen) atoms. The predicted octanol–water partition coefficient (Wildman–Crippen LogP) is 3.42. The quantitative estimate of drug-likeness (QED) is 0.344.